The number of thioether (sulfide) groups is 1. The number of carbonyl (C=O) groups excluding carboxylic acids is 1. The van der Waals surface area contributed by atoms with E-state index in [0.29, 0.717) is 12.0 Å². The Bertz CT molecular complexity index is 321. The zero-order chi connectivity index (χ0) is 13.7. The molecule has 2 rings (SSSR count). The fourth-order valence-electron chi connectivity index (χ4n) is 3.18. The van der Waals surface area contributed by atoms with Crippen LogP contribution in [0.3, 0.4) is 0 Å². The summed E-state index contributed by atoms with van der Waals surface area (Å²) in [6.07, 6.45) is 6.79. The summed E-state index contributed by atoms with van der Waals surface area (Å²) in [7, 11) is 0. The van der Waals surface area contributed by atoms with Crippen LogP contribution in [0, 0.1) is 11.8 Å². The number of fused-ring (bicyclic) bond motifs is 2. The molecule has 1 N–H and O–H groups in total. The Morgan fingerprint density at radius 1 is 1.26 bits per heavy atom. The van der Waals surface area contributed by atoms with Crippen LogP contribution in [0.1, 0.15) is 38.5 Å². The molecule has 2 aliphatic rings. The van der Waals surface area contributed by atoms with E-state index in [4.69, 9.17) is 9.84 Å². The minimum atomic E-state index is -0.710. The second-order valence-electron chi connectivity index (χ2n) is 5.42. The predicted octanol–water partition coefficient (Wildman–Crippen LogP) is 2.36. The van der Waals surface area contributed by atoms with Crippen LogP contribution < -0.4 is 0 Å². The Kier molecular flexibility index (Phi) is 5.70. The van der Waals surface area contributed by atoms with Crippen LogP contribution in [0.15, 0.2) is 0 Å². The van der Waals surface area contributed by atoms with Crippen molar-refractivity contribution in [3.8, 4) is 0 Å². The normalized spacial score (nSPS) is 32.6. The van der Waals surface area contributed by atoms with Gasteiger partial charge in [-0.25, -0.2) is 0 Å². The van der Waals surface area contributed by atoms with Crippen molar-refractivity contribution in [1.29, 1.82) is 0 Å². The predicted molar refractivity (Wildman–Crippen MR) is 74.4 cm³/mol. The van der Waals surface area contributed by atoms with Gasteiger partial charge in [0.15, 0.2) is 0 Å². The van der Waals surface area contributed by atoms with Gasteiger partial charge in [-0.3, -0.25) is 4.79 Å². The summed E-state index contributed by atoms with van der Waals surface area (Å²) < 4.78 is 5.80. The highest BCUT2D eigenvalue weighted by Gasteiger charge is 2.48. The molecule has 0 saturated carbocycles. The highest BCUT2D eigenvalue weighted by molar-refractivity contribution is 7.99. The molecule has 2 aliphatic heterocycles. The van der Waals surface area contributed by atoms with E-state index in [1.165, 1.54) is 0 Å². The molecule has 2 bridgehead atoms. The average molecular weight is 286 g/mol. The van der Waals surface area contributed by atoms with Crippen molar-refractivity contribution in [3.05, 3.63) is 0 Å². The first-order valence-electron chi connectivity index (χ1n) is 7.12. The second kappa shape index (κ2) is 7.29. The molecular formula is C14H22O4S. The van der Waals surface area contributed by atoms with Crippen molar-refractivity contribution in [2.24, 2.45) is 11.8 Å². The van der Waals surface area contributed by atoms with Gasteiger partial charge in [-0.05, 0) is 49.5 Å². The quantitative estimate of drug-likeness (QED) is 0.521. The van der Waals surface area contributed by atoms with Crippen molar-refractivity contribution >= 4 is 24.0 Å². The van der Waals surface area contributed by atoms with Gasteiger partial charge in [-0.1, -0.05) is 0 Å². The van der Waals surface area contributed by atoms with Crippen molar-refractivity contribution in [2.75, 3.05) is 11.5 Å². The van der Waals surface area contributed by atoms with Crippen molar-refractivity contribution < 1.29 is 19.4 Å². The monoisotopic (exact) mass is 286 g/mol. The molecular weight excluding hydrogens is 264 g/mol. The third-order valence-electron chi connectivity index (χ3n) is 4.17. The highest BCUT2D eigenvalue weighted by atomic mass is 32.2. The standard InChI is InChI=1S/C14H22O4S/c15-9-11-10(12-4-5-13(11)18-12)6-8-19-7-2-1-3-14(16)17/h9-13H,1-8H2,(H,16,17)/t10-,11+,12-,13+/m1/s1. The topological polar surface area (TPSA) is 63.6 Å². The van der Waals surface area contributed by atoms with Gasteiger partial charge in [0.25, 0.3) is 0 Å². The van der Waals surface area contributed by atoms with E-state index in [9.17, 15) is 9.59 Å². The van der Waals surface area contributed by atoms with Crippen LogP contribution >= 0.6 is 11.8 Å². The third kappa shape index (κ3) is 3.96. The lowest BCUT2D eigenvalue weighted by Gasteiger charge is -2.23. The van der Waals surface area contributed by atoms with E-state index in [-0.39, 0.29) is 18.4 Å². The van der Waals surface area contributed by atoms with Crippen LogP contribution in [0.2, 0.25) is 0 Å². The number of ether oxygens (including phenoxy) is 1. The molecule has 0 aliphatic carbocycles. The highest BCUT2D eigenvalue weighted by Crippen LogP contribution is 2.44. The lowest BCUT2D eigenvalue weighted by molar-refractivity contribution is -0.137. The number of rotatable bonds is 9. The number of aliphatic carboxylic acids is 1. The third-order valence-corrected chi connectivity index (χ3v) is 5.27. The van der Waals surface area contributed by atoms with Gasteiger partial charge in [0.05, 0.1) is 12.2 Å². The van der Waals surface area contributed by atoms with Gasteiger partial charge in [-0.15, -0.1) is 0 Å². The van der Waals surface area contributed by atoms with Crippen LogP contribution in [0.25, 0.3) is 0 Å². The summed E-state index contributed by atoms with van der Waals surface area (Å²) in [4.78, 5) is 21.5. The molecule has 0 radical (unpaired) electrons. The first-order valence-corrected chi connectivity index (χ1v) is 8.28. The molecule has 19 heavy (non-hydrogen) atoms. The van der Waals surface area contributed by atoms with Crippen LogP contribution in [0.5, 0.6) is 0 Å². The molecule has 4 atom stereocenters. The molecule has 0 spiro atoms. The maximum absolute atomic E-state index is 11.1. The van der Waals surface area contributed by atoms with Gasteiger partial charge in [0.2, 0.25) is 0 Å². The fraction of sp³-hybridized carbons (Fsp3) is 0.857. The molecule has 0 amide bonds. The molecule has 0 aromatic rings. The number of carboxylic acid groups (broad SMARTS) is 1. The zero-order valence-electron chi connectivity index (χ0n) is 11.1. The maximum Gasteiger partial charge on any atom is 0.303 e. The van der Waals surface area contributed by atoms with Gasteiger partial charge in [-0.2, -0.15) is 11.8 Å². The summed E-state index contributed by atoms with van der Waals surface area (Å²) >= 11 is 1.87. The Labute approximate surface area is 118 Å². The van der Waals surface area contributed by atoms with E-state index >= 15 is 0 Å². The number of aldehydes is 1. The Hall–Kier alpha value is -0.550. The smallest absolute Gasteiger partial charge is 0.303 e. The summed E-state index contributed by atoms with van der Waals surface area (Å²) in [6.45, 7) is 0. The van der Waals surface area contributed by atoms with Crippen molar-refractivity contribution in [3.63, 3.8) is 0 Å². The summed E-state index contributed by atoms with van der Waals surface area (Å²) in [5, 5.41) is 8.52. The molecule has 0 aromatic carbocycles. The van der Waals surface area contributed by atoms with E-state index in [0.717, 1.165) is 49.9 Å². The van der Waals surface area contributed by atoms with Gasteiger partial charge >= 0.3 is 5.97 Å². The number of hydrogen-bond donors (Lipinski definition) is 1. The molecule has 5 heteroatoms. The lowest BCUT2D eigenvalue weighted by Crippen LogP contribution is -2.28. The van der Waals surface area contributed by atoms with Gasteiger partial charge in [0, 0.05) is 12.3 Å². The van der Waals surface area contributed by atoms with Crippen LogP contribution in [0.4, 0.5) is 0 Å². The van der Waals surface area contributed by atoms with E-state index < -0.39 is 5.97 Å². The lowest BCUT2D eigenvalue weighted by atomic mass is 9.79. The fourth-order valence-corrected chi connectivity index (χ4v) is 4.23. The van der Waals surface area contributed by atoms with Gasteiger partial charge < -0.3 is 14.6 Å². The van der Waals surface area contributed by atoms with Crippen molar-refractivity contribution in [2.45, 2.75) is 50.7 Å². The van der Waals surface area contributed by atoms with Gasteiger partial charge in [0.1, 0.15) is 6.29 Å². The van der Waals surface area contributed by atoms with E-state index in [1.54, 1.807) is 0 Å². The zero-order valence-corrected chi connectivity index (χ0v) is 11.9. The molecule has 2 saturated heterocycles. The Balaban J connectivity index is 1.56. The molecule has 4 nitrogen and oxygen atoms in total. The number of unbranched alkanes of at least 4 members (excludes halogenated alkanes) is 1. The van der Waals surface area contributed by atoms with E-state index in [1.807, 2.05) is 11.8 Å². The molecule has 0 unspecified atom stereocenters. The summed E-state index contributed by atoms with van der Waals surface area (Å²) in [6, 6.07) is 0. The number of carboxylic acids is 1. The molecule has 0 aromatic heterocycles. The SMILES string of the molecule is O=C[C@H]1[C@@H](CCSCCCCC(=O)O)[C@H]2CC[C@@H]1O2. The minimum Gasteiger partial charge on any atom is -0.481 e. The molecule has 108 valence electrons. The minimum absolute atomic E-state index is 0.117. The van der Waals surface area contributed by atoms with Crippen LogP contribution in [-0.4, -0.2) is 41.1 Å². The van der Waals surface area contributed by atoms with Crippen molar-refractivity contribution in [1.82, 2.24) is 0 Å². The molecule has 2 heterocycles. The van der Waals surface area contributed by atoms with E-state index in [2.05, 4.69) is 0 Å². The van der Waals surface area contributed by atoms with Crippen LogP contribution in [-0.2, 0) is 14.3 Å². The maximum atomic E-state index is 11.1. The number of hydrogen-bond acceptors (Lipinski definition) is 4. The first-order chi connectivity index (χ1) is 9.22. The average Bonchev–Trinajstić information content (AvgIpc) is 2.97. The Morgan fingerprint density at radius 3 is 2.79 bits per heavy atom. The summed E-state index contributed by atoms with van der Waals surface area (Å²) in [5.74, 6) is 1.89. The Morgan fingerprint density at radius 2 is 2.05 bits per heavy atom. The second-order valence-corrected chi connectivity index (χ2v) is 6.64. The number of carbonyl (C=O) groups is 2. The summed E-state index contributed by atoms with van der Waals surface area (Å²) in [5.41, 5.74) is 0. The largest absolute Gasteiger partial charge is 0.481 e. The molecule has 2 fully saturated rings. The first kappa shape index (κ1) is 14.9.